The van der Waals surface area contributed by atoms with E-state index in [0.717, 1.165) is 16.3 Å². The van der Waals surface area contributed by atoms with E-state index in [1.807, 2.05) is 42.5 Å². The van der Waals surface area contributed by atoms with Crippen LogP contribution in [0.2, 0.25) is 0 Å². The Morgan fingerprint density at radius 1 is 1.05 bits per heavy atom. The highest BCUT2D eigenvalue weighted by atomic mass is 16.1. The molecule has 3 aromatic rings. The minimum atomic E-state index is -0.182. The fourth-order valence-electron chi connectivity index (χ4n) is 2.09. The average molecular weight is 251 g/mol. The number of hydrogen-bond donors (Lipinski definition) is 2. The Labute approximate surface area is 109 Å². The molecule has 0 aliphatic heterocycles. The zero-order valence-corrected chi connectivity index (χ0v) is 10.3. The highest BCUT2D eigenvalue weighted by molar-refractivity contribution is 5.86. The summed E-state index contributed by atoms with van der Waals surface area (Å²) in [4.78, 5) is 18.6. The van der Waals surface area contributed by atoms with Crippen molar-refractivity contribution in [1.29, 1.82) is 0 Å². The lowest BCUT2D eigenvalue weighted by Gasteiger charge is -2.04. The van der Waals surface area contributed by atoms with Crippen LogP contribution in [0.4, 0.5) is 0 Å². The molecule has 0 atom stereocenters. The summed E-state index contributed by atoms with van der Waals surface area (Å²) in [6.45, 7) is 0.254. The summed E-state index contributed by atoms with van der Waals surface area (Å²) in [5, 5.41) is 2.27. The van der Waals surface area contributed by atoms with Gasteiger partial charge in [-0.05, 0) is 16.8 Å². The zero-order chi connectivity index (χ0) is 13.2. The average Bonchev–Trinajstić information content (AvgIpc) is 2.46. The summed E-state index contributed by atoms with van der Waals surface area (Å²) >= 11 is 0. The molecule has 1 aromatic heterocycles. The lowest BCUT2D eigenvalue weighted by Crippen LogP contribution is -2.12. The van der Waals surface area contributed by atoms with Crippen molar-refractivity contribution in [3.05, 3.63) is 64.6 Å². The fraction of sp³-hybridized carbons (Fsp3) is 0.0667. The lowest BCUT2D eigenvalue weighted by atomic mass is 10.1. The van der Waals surface area contributed by atoms with E-state index in [2.05, 4.69) is 9.97 Å². The second-order valence-electron chi connectivity index (χ2n) is 4.35. The van der Waals surface area contributed by atoms with Gasteiger partial charge >= 0.3 is 0 Å². The number of H-pyrrole nitrogens is 1. The monoisotopic (exact) mass is 251 g/mol. The SMILES string of the molecule is NCc1cc(=O)[nH]c(-c2ccc3ccccc3c2)n1. The maximum absolute atomic E-state index is 11.6. The third-order valence-electron chi connectivity index (χ3n) is 3.03. The number of rotatable bonds is 2. The first kappa shape index (κ1) is 11.6. The van der Waals surface area contributed by atoms with Gasteiger partial charge in [0.05, 0.1) is 5.69 Å². The smallest absolute Gasteiger partial charge is 0.251 e. The van der Waals surface area contributed by atoms with Crippen molar-refractivity contribution in [2.24, 2.45) is 5.73 Å². The van der Waals surface area contributed by atoms with Crippen LogP contribution >= 0.6 is 0 Å². The summed E-state index contributed by atoms with van der Waals surface area (Å²) in [5.74, 6) is 0.554. The number of aromatic amines is 1. The van der Waals surface area contributed by atoms with Gasteiger partial charge in [-0.1, -0.05) is 36.4 Å². The van der Waals surface area contributed by atoms with E-state index in [4.69, 9.17) is 5.73 Å². The van der Waals surface area contributed by atoms with Crippen molar-refractivity contribution in [3.8, 4) is 11.4 Å². The van der Waals surface area contributed by atoms with Crippen LogP contribution in [-0.2, 0) is 6.54 Å². The largest absolute Gasteiger partial charge is 0.325 e. The molecule has 2 aromatic carbocycles. The highest BCUT2D eigenvalue weighted by Gasteiger charge is 2.04. The van der Waals surface area contributed by atoms with Gasteiger partial charge in [-0.3, -0.25) is 4.79 Å². The van der Waals surface area contributed by atoms with E-state index in [1.165, 1.54) is 6.07 Å². The molecule has 3 rings (SSSR count). The third kappa shape index (κ3) is 2.26. The molecule has 0 unspecified atom stereocenters. The van der Waals surface area contributed by atoms with Crippen molar-refractivity contribution < 1.29 is 0 Å². The fourth-order valence-corrected chi connectivity index (χ4v) is 2.09. The predicted molar refractivity (Wildman–Crippen MR) is 75.7 cm³/mol. The van der Waals surface area contributed by atoms with Gasteiger partial charge in [-0.15, -0.1) is 0 Å². The van der Waals surface area contributed by atoms with Crippen molar-refractivity contribution >= 4 is 10.8 Å². The maximum Gasteiger partial charge on any atom is 0.251 e. The molecule has 0 fully saturated rings. The van der Waals surface area contributed by atoms with Crippen LogP contribution in [0.1, 0.15) is 5.69 Å². The van der Waals surface area contributed by atoms with Gasteiger partial charge in [0, 0.05) is 18.2 Å². The molecule has 4 heteroatoms. The van der Waals surface area contributed by atoms with E-state index in [-0.39, 0.29) is 12.1 Å². The molecular formula is C15H13N3O. The number of benzene rings is 2. The molecule has 0 aliphatic carbocycles. The summed E-state index contributed by atoms with van der Waals surface area (Å²) in [6, 6.07) is 15.4. The van der Waals surface area contributed by atoms with Crippen LogP contribution in [0, 0.1) is 0 Å². The van der Waals surface area contributed by atoms with E-state index in [1.54, 1.807) is 0 Å². The molecule has 1 heterocycles. The first-order valence-electron chi connectivity index (χ1n) is 6.06. The highest BCUT2D eigenvalue weighted by Crippen LogP contribution is 2.21. The van der Waals surface area contributed by atoms with E-state index in [0.29, 0.717) is 11.5 Å². The van der Waals surface area contributed by atoms with Gasteiger partial charge < -0.3 is 10.7 Å². The number of nitrogens with one attached hydrogen (secondary N) is 1. The van der Waals surface area contributed by atoms with Crippen LogP contribution < -0.4 is 11.3 Å². The van der Waals surface area contributed by atoms with Gasteiger partial charge in [0.25, 0.3) is 5.56 Å². The summed E-state index contributed by atoms with van der Waals surface area (Å²) in [5.41, 5.74) is 6.83. The molecule has 94 valence electrons. The Hall–Kier alpha value is -2.46. The number of hydrogen-bond acceptors (Lipinski definition) is 3. The molecule has 0 radical (unpaired) electrons. The van der Waals surface area contributed by atoms with Gasteiger partial charge in [-0.25, -0.2) is 4.98 Å². The second-order valence-corrected chi connectivity index (χ2v) is 4.35. The van der Waals surface area contributed by atoms with Crippen LogP contribution in [0.25, 0.3) is 22.2 Å². The van der Waals surface area contributed by atoms with Crippen LogP contribution in [-0.4, -0.2) is 9.97 Å². The molecule has 19 heavy (non-hydrogen) atoms. The quantitative estimate of drug-likeness (QED) is 0.732. The Kier molecular flexibility index (Phi) is 2.85. The molecule has 0 amide bonds. The van der Waals surface area contributed by atoms with Gasteiger partial charge in [-0.2, -0.15) is 0 Å². The number of fused-ring (bicyclic) bond motifs is 1. The molecule has 0 spiro atoms. The summed E-state index contributed by atoms with van der Waals surface area (Å²) in [7, 11) is 0. The number of aromatic nitrogens is 2. The number of nitrogens with zero attached hydrogens (tertiary/aromatic N) is 1. The Morgan fingerprint density at radius 2 is 1.84 bits per heavy atom. The van der Waals surface area contributed by atoms with Gasteiger partial charge in [0.15, 0.2) is 0 Å². The number of nitrogens with two attached hydrogens (primary N) is 1. The topological polar surface area (TPSA) is 71.8 Å². The molecule has 0 aliphatic rings. The van der Waals surface area contributed by atoms with Gasteiger partial charge in [0.1, 0.15) is 5.82 Å². The molecular weight excluding hydrogens is 238 g/mol. The van der Waals surface area contributed by atoms with Crippen molar-refractivity contribution in [1.82, 2.24) is 9.97 Å². The van der Waals surface area contributed by atoms with Crippen LogP contribution in [0.3, 0.4) is 0 Å². The first-order chi connectivity index (χ1) is 9.26. The molecule has 0 bridgehead atoms. The third-order valence-corrected chi connectivity index (χ3v) is 3.03. The molecule has 0 saturated heterocycles. The van der Waals surface area contributed by atoms with Crippen molar-refractivity contribution in [2.75, 3.05) is 0 Å². The second kappa shape index (κ2) is 4.66. The predicted octanol–water partition coefficient (Wildman–Crippen LogP) is 2.05. The first-order valence-corrected chi connectivity index (χ1v) is 6.06. The Morgan fingerprint density at radius 3 is 2.63 bits per heavy atom. The minimum Gasteiger partial charge on any atom is -0.325 e. The molecule has 3 N–H and O–H groups in total. The lowest BCUT2D eigenvalue weighted by molar-refractivity contribution is 0.956. The van der Waals surface area contributed by atoms with E-state index < -0.39 is 0 Å². The Balaban J connectivity index is 2.18. The van der Waals surface area contributed by atoms with Crippen LogP contribution in [0.15, 0.2) is 53.3 Å². The summed E-state index contributed by atoms with van der Waals surface area (Å²) in [6.07, 6.45) is 0. The van der Waals surface area contributed by atoms with Crippen LogP contribution in [0.5, 0.6) is 0 Å². The van der Waals surface area contributed by atoms with Crippen molar-refractivity contribution in [2.45, 2.75) is 6.54 Å². The normalized spacial score (nSPS) is 10.8. The molecule has 4 nitrogen and oxygen atoms in total. The maximum atomic E-state index is 11.6. The minimum absolute atomic E-state index is 0.182. The molecule has 0 saturated carbocycles. The Bertz CT molecular complexity index is 792. The zero-order valence-electron chi connectivity index (χ0n) is 10.3. The van der Waals surface area contributed by atoms with E-state index >= 15 is 0 Å². The summed E-state index contributed by atoms with van der Waals surface area (Å²) < 4.78 is 0. The van der Waals surface area contributed by atoms with Gasteiger partial charge in [0.2, 0.25) is 0 Å². The van der Waals surface area contributed by atoms with Crippen molar-refractivity contribution in [3.63, 3.8) is 0 Å². The standard InChI is InChI=1S/C15H13N3O/c16-9-13-8-14(19)18-15(17-13)12-6-5-10-3-1-2-4-11(10)7-12/h1-8H,9,16H2,(H,17,18,19). The van der Waals surface area contributed by atoms with E-state index in [9.17, 15) is 4.79 Å².